The highest BCUT2D eigenvalue weighted by atomic mass is 127. The fraction of sp³-hybridized carbons (Fsp3) is 0.385. The molecule has 0 radical (unpaired) electrons. The van der Waals surface area contributed by atoms with Crippen LogP contribution in [-0.2, 0) is 19.1 Å². The van der Waals surface area contributed by atoms with E-state index in [1.54, 1.807) is 0 Å². The molecule has 0 saturated heterocycles. The van der Waals surface area contributed by atoms with Gasteiger partial charge in [0.2, 0.25) is 0 Å². The minimum absolute atomic E-state index is 0.148. The number of rotatable bonds is 3. The molecule has 0 bridgehead atoms. The van der Waals surface area contributed by atoms with E-state index in [9.17, 15) is 9.59 Å². The van der Waals surface area contributed by atoms with Gasteiger partial charge in [0.05, 0.1) is 14.2 Å². The molecule has 1 saturated carbocycles. The highest BCUT2D eigenvalue weighted by Crippen LogP contribution is 2.61. The number of benzene rings is 1. The van der Waals surface area contributed by atoms with Gasteiger partial charge in [-0.15, -0.1) is 0 Å². The zero-order chi connectivity index (χ0) is 13.3. The third-order valence-electron chi connectivity index (χ3n) is 3.34. The minimum atomic E-state index is -1.15. The zero-order valence-electron chi connectivity index (χ0n) is 10.1. The molecule has 0 N–H and O–H groups in total. The molecule has 1 atom stereocenters. The van der Waals surface area contributed by atoms with Crippen molar-refractivity contribution in [2.24, 2.45) is 5.41 Å². The summed E-state index contributed by atoms with van der Waals surface area (Å²) in [5.41, 5.74) is -0.154. The van der Waals surface area contributed by atoms with Crippen molar-refractivity contribution in [2.45, 2.75) is 12.3 Å². The van der Waals surface area contributed by atoms with Crippen molar-refractivity contribution in [3.05, 3.63) is 33.4 Å². The third-order valence-corrected chi connectivity index (χ3v) is 4.32. The topological polar surface area (TPSA) is 52.6 Å². The lowest BCUT2D eigenvalue weighted by atomic mass is 9.99. The van der Waals surface area contributed by atoms with Crippen molar-refractivity contribution >= 4 is 34.5 Å². The second kappa shape index (κ2) is 4.87. The summed E-state index contributed by atoms with van der Waals surface area (Å²) in [7, 11) is 2.58. The molecule has 5 heteroatoms. The Balaban J connectivity index is 2.36. The fourth-order valence-corrected chi connectivity index (χ4v) is 3.06. The van der Waals surface area contributed by atoms with Crippen LogP contribution in [0.1, 0.15) is 17.9 Å². The second-order valence-electron chi connectivity index (χ2n) is 4.23. The van der Waals surface area contributed by atoms with Crippen LogP contribution in [0.4, 0.5) is 0 Å². The summed E-state index contributed by atoms with van der Waals surface area (Å²) in [6, 6.07) is 7.70. The van der Waals surface area contributed by atoms with Crippen LogP contribution >= 0.6 is 22.6 Å². The van der Waals surface area contributed by atoms with Crippen LogP contribution in [0.3, 0.4) is 0 Å². The van der Waals surface area contributed by atoms with Crippen LogP contribution in [0, 0.1) is 8.99 Å². The average molecular weight is 360 g/mol. The largest absolute Gasteiger partial charge is 0.468 e. The summed E-state index contributed by atoms with van der Waals surface area (Å²) in [4.78, 5) is 23.7. The quantitative estimate of drug-likeness (QED) is 0.471. The summed E-state index contributed by atoms with van der Waals surface area (Å²) in [5.74, 6) is -1.18. The van der Waals surface area contributed by atoms with Gasteiger partial charge in [0.25, 0.3) is 0 Å². The SMILES string of the molecule is COC(=O)C1(C(=O)OC)CC1c1ccccc1I. The van der Waals surface area contributed by atoms with E-state index in [2.05, 4.69) is 22.6 Å². The smallest absolute Gasteiger partial charge is 0.323 e. The van der Waals surface area contributed by atoms with Crippen molar-refractivity contribution in [2.75, 3.05) is 14.2 Å². The Morgan fingerprint density at radius 1 is 1.22 bits per heavy atom. The van der Waals surface area contributed by atoms with Gasteiger partial charge in [0.1, 0.15) is 0 Å². The Bertz CT molecular complexity index is 482. The highest BCUT2D eigenvalue weighted by molar-refractivity contribution is 14.1. The number of halogens is 1. The first-order valence-corrected chi connectivity index (χ1v) is 6.57. The van der Waals surface area contributed by atoms with E-state index in [0.717, 1.165) is 9.13 Å². The standard InChI is InChI=1S/C13H13IO4/c1-17-11(15)13(12(16)18-2)7-9(13)8-5-3-4-6-10(8)14/h3-6,9H,7H2,1-2H3. The molecule has 2 rings (SSSR count). The molecule has 1 aliphatic rings. The van der Waals surface area contributed by atoms with E-state index in [0.29, 0.717) is 6.42 Å². The van der Waals surface area contributed by atoms with Crippen LogP contribution in [0.5, 0.6) is 0 Å². The molecule has 0 spiro atoms. The van der Waals surface area contributed by atoms with Gasteiger partial charge in [-0.3, -0.25) is 9.59 Å². The molecule has 1 aromatic rings. The Morgan fingerprint density at radius 2 is 1.78 bits per heavy atom. The summed E-state index contributed by atoms with van der Waals surface area (Å²) in [6.07, 6.45) is 0.451. The maximum absolute atomic E-state index is 11.9. The maximum Gasteiger partial charge on any atom is 0.323 e. The number of esters is 2. The van der Waals surface area contributed by atoms with Crippen molar-refractivity contribution in [1.82, 2.24) is 0 Å². The van der Waals surface area contributed by atoms with Crippen molar-refractivity contribution < 1.29 is 19.1 Å². The first-order chi connectivity index (χ1) is 8.57. The number of carbonyl (C=O) groups is 2. The van der Waals surface area contributed by atoms with Crippen molar-refractivity contribution in [1.29, 1.82) is 0 Å². The predicted molar refractivity (Wildman–Crippen MR) is 73.0 cm³/mol. The van der Waals surface area contributed by atoms with Crippen molar-refractivity contribution in [3.8, 4) is 0 Å². The van der Waals surface area contributed by atoms with Crippen LogP contribution < -0.4 is 0 Å². The average Bonchev–Trinajstić information content (AvgIpc) is 3.14. The second-order valence-corrected chi connectivity index (χ2v) is 5.39. The molecule has 96 valence electrons. The molecule has 1 fully saturated rings. The monoisotopic (exact) mass is 360 g/mol. The molecular formula is C13H13IO4. The molecular weight excluding hydrogens is 347 g/mol. The lowest BCUT2D eigenvalue weighted by Crippen LogP contribution is -2.30. The van der Waals surface area contributed by atoms with E-state index in [-0.39, 0.29) is 5.92 Å². The van der Waals surface area contributed by atoms with Gasteiger partial charge in [0.15, 0.2) is 5.41 Å². The van der Waals surface area contributed by atoms with Gasteiger partial charge >= 0.3 is 11.9 Å². The highest BCUT2D eigenvalue weighted by Gasteiger charge is 2.68. The summed E-state index contributed by atoms with van der Waals surface area (Å²) in [6.45, 7) is 0. The van der Waals surface area contributed by atoms with E-state index < -0.39 is 17.4 Å². The molecule has 0 aliphatic heterocycles. The van der Waals surface area contributed by atoms with E-state index >= 15 is 0 Å². The molecule has 0 amide bonds. The minimum Gasteiger partial charge on any atom is -0.468 e. The third kappa shape index (κ3) is 1.90. The Labute approximate surface area is 119 Å². The van der Waals surface area contributed by atoms with Crippen molar-refractivity contribution in [3.63, 3.8) is 0 Å². The van der Waals surface area contributed by atoms with Gasteiger partial charge in [0, 0.05) is 9.49 Å². The van der Waals surface area contributed by atoms with E-state index in [1.165, 1.54) is 14.2 Å². The van der Waals surface area contributed by atoms with E-state index in [4.69, 9.17) is 9.47 Å². The normalized spacial score (nSPS) is 20.1. The molecule has 18 heavy (non-hydrogen) atoms. The van der Waals surface area contributed by atoms with Crippen LogP contribution in [-0.4, -0.2) is 26.2 Å². The molecule has 0 aromatic heterocycles. The lowest BCUT2D eigenvalue weighted by molar-refractivity contribution is -0.161. The summed E-state index contributed by atoms with van der Waals surface area (Å²) in [5, 5.41) is 0. The van der Waals surface area contributed by atoms with Gasteiger partial charge in [-0.25, -0.2) is 0 Å². The molecule has 1 aromatic carbocycles. The lowest BCUT2D eigenvalue weighted by Gasteiger charge is -2.13. The van der Waals surface area contributed by atoms with E-state index in [1.807, 2.05) is 24.3 Å². The molecule has 4 nitrogen and oxygen atoms in total. The van der Waals surface area contributed by atoms with Crippen LogP contribution in [0.25, 0.3) is 0 Å². The van der Waals surface area contributed by atoms with Gasteiger partial charge < -0.3 is 9.47 Å². The Hall–Kier alpha value is -1.11. The van der Waals surface area contributed by atoms with Gasteiger partial charge in [-0.2, -0.15) is 0 Å². The number of carbonyl (C=O) groups excluding carboxylic acids is 2. The molecule has 1 aliphatic carbocycles. The van der Waals surface area contributed by atoms with Crippen LogP contribution in [0.2, 0.25) is 0 Å². The summed E-state index contributed by atoms with van der Waals surface area (Å²) < 4.78 is 10.5. The number of ether oxygens (including phenoxy) is 2. The zero-order valence-corrected chi connectivity index (χ0v) is 12.3. The van der Waals surface area contributed by atoms with Crippen LogP contribution in [0.15, 0.2) is 24.3 Å². The summed E-state index contributed by atoms with van der Waals surface area (Å²) >= 11 is 2.20. The number of hydrogen-bond donors (Lipinski definition) is 0. The predicted octanol–water partition coefficient (Wildman–Crippen LogP) is 2.11. The molecule has 0 heterocycles. The number of methoxy groups -OCH3 is 2. The first kappa shape index (κ1) is 13.3. The maximum atomic E-state index is 11.9. The number of hydrogen-bond acceptors (Lipinski definition) is 4. The molecule has 1 unspecified atom stereocenters. The van der Waals surface area contributed by atoms with Gasteiger partial charge in [-0.1, -0.05) is 18.2 Å². The fourth-order valence-electron chi connectivity index (χ4n) is 2.29. The van der Waals surface area contributed by atoms with Gasteiger partial charge in [-0.05, 0) is 40.6 Å². The Morgan fingerprint density at radius 3 is 2.28 bits per heavy atom. The first-order valence-electron chi connectivity index (χ1n) is 5.49. The Kier molecular flexibility index (Phi) is 3.61.